The Balaban J connectivity index is 4.07. The summed E-state index contributed by atoms with van der Waals surface area (Å²) < 4.78 is 55.2. The first-order chi connectivity index (χ1) is 5.13. The van der Waals surface area contributed by atoms with Crippen molar-refractivity contribution >= 4 is 19.7 Å². The number of alkyl halides is 3. The molecule has 0 aromatic carbocycles. The number of allylic oxidation sites excluding steroid dienone is 1. The summed E-state index contributed by atoms with van der Waals surface area (Å²) in [6.07, 6.45) is -4.65. The Labute approximate surface area is 71.6 Å². The Bertz CT molecular complexity index is 271. The molecule has 0 aliphatic rings. The van der Waals surface area contributed by atoms with Crippen LogP contribution < -0.4 is 5.32 Å². The standard InChI is InChI=1S/C4H5ClF3NO2S/c1-3(4(6,7)8)9-2-12(5,10)11/h9H,1-2H2. The molecule has 0 unspecified atom stereocenters. The van der Waals surface area contributed by atoms with E-state index in [4.69, 9.17) is 0 Å². The highest BCUT2D eigenvalue weighted by molar-refractivity contribution is 8.13. The van der Waals surface area contributed by atoms with E-state index in [1.807, 2.05) is 0 Å². The second-order valence-electron chi connectivity index (χ2n) is 1.84. The summed E-state index contributed by atoms with van der Waals surface area (Å²) in [5.41, 5.74) is -1.34. The van der Waals surface area contributed by atoms with Crippen molar-refractivity contribution in [1.82, 2.24) is 5.32 Å². The summed E-state index contributed by atoms with van der Waals surface area (Å²) in [5.74, 6) is -0.993. The molecule has 0 radical (unpaired) electrons. The first-order valence-electron chi connectivity index (χ1n) is 2.55. The van der Waals surface area contributed by atoms with E-state index in [-0.39, 0.29) is 0 Å². The third-order valence-electron chi connectivity index (χ3n) is 0.800. The van der Waals surface area contributed by atoms with Gasteiger partial charge in [-0.15, -0.1) is 0 Å². The molecule has 0 rings (SSSR count). The van der Waals surface area contributed by atoms with Crippen LogP contribution in [0.5, 0.6) is 0 Å². The normalized spacial score (nSPS) is 12.7. The average Bonchev–Trinajstić information content (AvgIpc) is 1.78. The molecule has 0 atom stereocenters. The molecule has 0 saturated carbocycles. The maximum atomic E-state index is 11.6. The molecule has 0 aliphatic carbocycles. The van der Waals surface area contributed by atoms with Gasteiger partial charge >= 0.3 is 6.18 Å². The Morgan fingerprint density at radius 1 is 1.50 bits per heavy atom. The average molecular weight is 224 g/mol. The SMILES string of the molecule is C=C(NCS(=O)(=O)Cl)C(F)(F)F. The Hall–Kier alpha value is -0.430. The predicted molar refractivity (Wildman–Crippen MR) is 38.0 cm³/mol. The molecule has 0 aliphatic heterocycles. The van der Waals surface area contributed by atoms with E-state index in [0.29, 0.717) is 0 Å². The smallest absolute Gasteiger partial charge is 0.367 e. The number of halogens is 4. The quantitative estimate of drug-likeness (QED) is 0.731. The van der Waals surface area contributed by atoms with E-state index in [1.54, 1.807) is 0 Å². The number of hydrogen-bond donors (Lipinski definition) is 1. The zero-order valence-electron chi connectivity index (χ0n) is 5.65. The summed E-state index contributed by atoms with van der Waals surface area (Å²) in [6, 6.07) is 0. The van der Waals surface area contributed by atoms with Crippen LogP contribution in [-0.2, 0) is 9.05 Å². The van der Waals surface area contributed by atoms with E-state index < -0.39 is 26.8 Å². The van der Waals surface area contributed by atoms with Gasteiger partial charge in [0.05, 0.1) is 0 Å². The van der Waals surface area contributed by atoms with Gasteiger partial charge in [0, 0.05) is 10.7 Å². The number of hydrogen-bond acceptors (Lipinski definition) is 3. The van der Waals surface area contributed by atoms with Crippen LogP contribution in [0.1, 0.15) is 0 Å². The monoisotopic (exact) mass is 223 g/mol. The molecule has 0 spiro atoms. The van der Waals surface area contributed by atoms with Gasteiger partial charge in [-0.1, -0.05) is 6.58 Å². The highest BCUT2D eigenvalue weighted by Crippen LogP contribution is 2.21. The summed E-state index contributed by atoms with van der Waals surface area (Å²) in [7, 11) is 0.649. The second-order valence-corrected chi connectivity index (χ2v) is 4.61. The van der Waals surface area contributed by atoms with Gasteiger partial charge in [0.2, 0.25) is 0 Å². The van der Waals surface area contributed by atoms with Gasteiger partial charge < -0.3 is 5.32 Å². The lowest BCUT2D eigenvalue weighted by Crippen LogP contribution is -2.28. The van der Waals surface area contributed by atoms with E-state index in [9.17, 15) is 21.6 Å². The molecule has 0 aromatic rings. The fourth-order valence-electron chi connectivity index (χ4n) is 0.274. The summed E-state index contributed by atoms with van der Waals surface area (Å²) in [4.78, 5) is 0. The minimum Gasteiger partial charge on any atom is -0.367 e. The van der Waals surface area contributed by atoms with Gasteiger partial charge in [-0.2, -0.15) is 13.2 Å². The topological polar surface area (TPSA) is 46.2 Å². The summed E-state index contributed by atoms with van der Waals surface area (Å²) in [5, 5.41) is 1.52. The molecule has 1 N–H and O–H groups in total. The lowest BCUT2D eigenvalue weighted by molar-refractivity contribution is -0.0957. The van der Waals surface area contributed by atoms with Gasteiger partial charge in [0.15, 0.2) is 0 Å². The number of rotatable bonds is 3. The summed E-state index contributed by atoms with van der Waals surface area (Å²) in [6.45, 7) is 2.57. The highest BCUT2D eigenvalue weighted by Gasteiger charge is 2.32. The third-order valence-corrected chi connectivity index (χ3v) is 1.62. The Morgan fingerprint density at radius 3 is 2.17 bits per heavy atom. The molecule has 0 amide bonds. The van der Waals surface area contributed by atoms with Gasteiger partial charge in [0.25, 0.3) is 9.05 Å². The maximum Gasteiger partial charge on any atom is 0.430 e. The molecule has 0 fully saturated rings. The third kappa shape index (κ3) is 5.25. The first kappa shape index (κ1) is 11.6. The molecular formula is C4H5ClF3NO2S. The fourth-order valence-corrected chi connectivity index (χ4v) is 0.784. The van der Waals surface area contributed by atoms with E-state index in [2.05, 4.69) is 17.3 Å². The molecule has 0 bridgehead atoms. The van der Waals surface area contributed by atoms with Crippen molar-refractivity contribution in [3.05, 3.63) is 12.3 Å². The van der Waals surface area contributed by atoms with Crippen LogP contribution in [0, 0.1) is 0 Å². The lowest BCUT2D eigenvalue weighted by atomic mass is 10.5. The zero-order chi connectivity index (χ0) is 9.99. The van der Waals surface area contributed by atoms with Crippen molar-refractivity contribution in [1.29, 1.82) is 0 Å². The van der Waals surface area contributed by atoms with Crippen LogP contribution in [0.25, 0.3) is 0 Å². The van der Waals surface area contributed by atoms with Crippen LogP contribution >= 0.6 is 10.7 Å². The van der Waals surface area contributed by atoms with Crippen molar-refractivity contribution < 1.29 is 21.6 Å². The second kappa shape index (κ2) is 3.53. The lowest BCUT2D eigenvalue weighted by Gasteiger charge is -2.10. The van der Waals surface area contributed by atoms with Gasteiger partial charge in [0.1, 0.15) is 11.6 Å². The van der Waals surface area contributed by atoms with Crippen LogP contribution in [-0.4, -0.2) is 20.5 Å². The minimum atomic E-state index is -4.65. The van der Waals surface area contributed by atoms with Crippen LogP contribution in [0.4, 0.5) is 13.2 Å². The van der Waals surface area contributed by atoms with Gasteiger partial charge in [-0.25, -0.2) is 8.42 Å². The maximum absolute atomic E-state index is 11.6. The molecule has 12 heavy (non-hydrogen) atoms. The minimum absolute atomic E-state index is 0.993. The molecule has 0 aromatic heterocycles. The Kier molecular flexibility index (Phi) is 3.40. The van der Waals surface area contributed by atoms with E-state index in [1.165, 1.54) is 5.32 Å². The van der Waals surface area contributed by atoms with Crippen molar-refractivity contribution in [3.8, 4) is 0 Å². The van der Waals surface area contributed by atoms with E-state index in [0.717, 1.165) is 0 Å². The zero-order valence-corrected chi connectivity index (χ0v) is 7.22. The van der Waals surface area contributed by atoms with Crippen molar-refractivity contribution in [3.63, 3.8) is 0 Å². The molecular weight excluding hydrogens is 219 g/mol. The van der Waals surface area contributed by atoms with Crippen LogP contribution in [0.2, 0.25) is 0 Å². The fraction of sp³-hybridized carbons (Fsp3) is 0.500. The van der Waals surface area contributed by atoms with Gasteiger partial charge in [-0.3, -0.25) is 0 Å². The first-order valence-corrected chi connectivity index (χ1v) is 5.03. The molecule has 72 valence electrons. The van der Waals surface area contributed by atoms with E-state index >= 15 is 0 Å². The molecule has 8 heteroatoms. The largest absolute Gasteiger partial charge is 0.430 e. The van der Waals surface area contributed by atoms with Crippen LogP contribution in [0.15, 0.2) is 12.3 Å². The molecule has 0 saturated heterocycles. The van der Waals surface area contributed by atoms with Crippen LogP contribution in [0.3, 0.4) is 0 Å². The molecule has 0 heterocycles. The van der Waals surface area contributed by atoms with Crippen molar-refractivity contribution in [2.45, 2.75) is 6.18 Å². The van der Waals surface area contributed by atoms with Crippen molar-refractivity contribution in [2.24, 2.45) is 0 Å². The van der Waals surface area contributed by atoms with Gasteiger partial charge in [-0.05, 0) is 0 Å². The Morgan fingerprint density at radius 2 is 1.92 bits per heavy atom. The molecule has 3 nitrogen and oxygen atoms in total. The summed E-state index contributed by atoms with van der Waals surface area (Å²) >= 11 is 0. The highest BCUT2D eigenvalue weighted by atomic mass is 35.7. The number of nitrogens with one attached hydrogen (secondary N) is 1. The predicted octanol–water partition coefficient (Wildman–Crippen LogP) is 1.18. The van der Waals surface area contributed by atoms with Crippen molar-refractivity contribution in [2.75, 3.05) is 5.88 Å².